The van der Waals surface area contributed by atoms with Crippen molar-refractivity contribution in [1.82, 2.24) is 0 Å². The van der Waals surface area contributed by atoms with Crippen LogP contribution in [-0.4, -0.2) is 36.3 Å². The van der Waals surface area contributed by atoms with E-state index in [1.165, 1.54) is 6.08 Å². The van der Waals surface area contributed by atoms with E-state index in [0.717, 1.165) is 13.1 Å². The van der Waals surface area contributed by atoms with Gasteiger partial charge in [-0.1, -0.05) is 19.2 Å². The molecule has 0 bridgehead atoms. The molecule has 0 aromatic carbocycles. The number of ether oxygens (including phenoxy) is 1. The maximum absolute atomic E-state index is 11.5. The van der Waals surface area contributed by atoms with Gasteiger partial charge < -0.3 is 17.1 Å². The first-order valence-electron chi connectivity index (χ1n) is 5.81. The molecule has 0 saturated heterocycles. The van der Waals surface area contributed by atoms with Gasteiger partial charge in [0.2, 0.25) is 5.72 Å². The Labute approximate surface area is 117 Å². The minimum atomic E-state index is -0.643. The van der Waals surface area contributed by atoms with E-state index in [-0.39, 0.29) is 12.4 Å². The third kappa shape index (κ3) is 4.31. The second kappa shape index (κ2) is 8.11. The highest BCUT2D eigenvalue weighted by molar-refractivity contribution is 5.81. The summed E-state index contributed by atoms with van der Waals surface area (Å²) in [5.41, 5.74) is -0.643. The van der Waals surface area contributed by atoms with Crippen LogP contribution in [0.2, 0.25) is 0 Å². The molecule has 0 fully saturated rings. The van der Waals surface area contributed by atoms with E-state index in [2.05, 4.69) is 26.7 Å². The van der Waals surface area contributed by atoms with Crippen LogP contribution < -0.4 is 12.4 Å². The number of likely N-dealkylation sites (N-methyl/N-ethyl adjacent to an activating group) is 1. The molecule has 0 saturated carbocycles. The molecule has 2 atom stereocenters. The SMILES string of the molecule is C=CCC(C)(OC(=O)C=C)[N+](C)(CC)CC=C.[Cl-]. The molecule has 0 radical (unpaired) electrons. The van der Waals surface area contributed by atoms with Gasteiger partial charge in [-0.3, -0.25) is 4.48 Å². The lowest BCUT2D eigenvalue weighted by atomic mass is 10.1. The summed E-state index contributed by atoms with van der Waals surface area (Å²) in [5, 5.41) is 0. The van der Waals surface area contributed by atoms with Gasteiger partial charge >= 0.3 is 5.97 Å². The molecule has 0 spiro atoms. The van der Waals surface area contributed by atoms with E-state index in [9.17, 15) is 4.79 Å². The molecule has 2 unspecified atom stereocenters. The second-order valence-electron chi connectivity index (χ2n) is 4.48. The normalized spacial score (nSPS) is 16.4. The molecule has 4 heteroatoms. The number of carbonyl (C=O) groups is 1. The molecule has 0 aliphatic carbocycles. The number of quaternary nitrogens is 1. The Morgan fingerprint density at radius 1 is 1.33 bits per heavy atom. The first-order valence-corrected chi connectivity index (χ1v) is 5.81. The van der Waals surface area contributed by atoms with E-state index >= 15 is 0 Å². The number of carbonyl (C=O) groups excluding carboxylic acids is 1. The molecular formula is C14H24ClNO2. The molecule has 0 N–H and O–H groups in total. The lowest BCUT2D eigenvalue weighted by Gasteiger charge is -2.46. The number of nitrogens with zero attached hydrogens (tertiary/aromatic N) is 1. The summed E-state index contributed by atoms with van der Waals surface area (Å²) in [6.07, 6.45) is 5.39. The molecule has 0 aliphatic rings. The van der Waals surface area contributed by atoms with Gasteiger partial charge in [-0.05, 0) is 13.0 Å². The van der Waals surface area contributed by atoms with E-state index < -0.39 is 11.7 Å². The van der Waals surface area contributed by atoms with Gasteiger partial charge in [0.1, 0.15) is 0 Å². The Balaban J connectivity index is 0. The Morgan fingerprint density at radius 2 is 1.89 bits per heavy atom. The van der Waals surface area contributed by atoms with Crippen molar-refractivity contribution in [3.05, 3.63) is 38.0 Å². The van der Waals surface area contributed by atoms with Crippen molar-refractivity contribution < 1.29 is 26.4 Å². The van der Waals surface area contributed by atoms with Crippen LogP contribution >= 0.6 is 0 Å². The molecule has 0 amide bonds. The highest BCUT2D eigenvalue weighted by Crippen LogP contribution is 2.28. The first-order chi connectivity index (χ1) is 7.89. The van der Waals surface area contributed by atoms with Crippen LogP contribution in [0.15, 0.2) is 38.0 Å². The maximum atomic E-state index is 11.5. The van der Waals surface area contributed by atoms with Crippen molar-refractivity contribution >= 4 is 5.97 Å². The van der Waals surface area contributed by atoms with Crippen LogP contribution in [0.1, 0.15) is 20.3 Å². The second-order valence-corrected chi connectivity index (χ2v) is 4.48. The molecule has 104 valence electrons. The maximum Gasteiger partial charge on any atom is 0.334 e. The molecule has 0 heterocycles. The fourth-order valence-electron chi connectivity index (χ4n) is 1.84. The summed E-state index contributed by atoms with van der Waals surface area (Å²) in [6, 6.07) is 0. The fraction of sp³-hybridized carbons (Fsp3) is 0.500. The summed E-state index contributed by atoms with van der Waals surface area (Å²) in [4.78, 5) is 11.5. The molecule has 0 rings (SSSR count). The summed E-state index contributed by atoms with van der Waals surface area (Å²) in [7, 11) is 2.04. The number of hydrogen-bond acceptors (Lipinski definition) is 2. The van der Waals surface area contributed by atoms with Gasteiger partial charge in [-0.15, -0.1) is 6.58 Å². The topological polar surface area (TPSA) is 26.3 Å². The summed E-state index contributed by atoms with van der Waals surface area (Å²) in [6.45, 7) is 16.5. The third-order valence-electron chi connectivity index (χ3n) is 3.38. The van der Waals surface area contributed by atoms with Crippen molar-refractivity contribution in [2.75, 3.05) is 20.1 Å². The highest BCUT2D eigenvalue weighted by Gasteiger charge is 2.44. The van der Waals surface area contributed by atoms with Crippen LogP contribution in [0.3, 0.4) is 0 Å². The van der Waals surface area contributed by atoms with Crippen LogP contribution in [0, 0.1) is 0 Å². The Kier molecular flexibility index (Phi) is 8.69. The predicted octanol–water partition coefficient (Wildman–Crippen LogP) is -0.336. The van der Waals surface area contributed by atoms with Gasteiger partial charge in [0.05, 0.1) is 26.6 Å². The number of halogens is 1. The molecule has 18 heavy (non-hydrogen) atoms. The Morgan fingerprint density at radius 3 is 2.22 bits per heavy atom. The predicted molar refractivity (Wildman–Crippen MR) is 71.3 cm³/mol. The average Bonchev–Trinajstić information content (AvgIpc) is 2.29. The summed E-state index contributed by atoms with van der Waals surface area (Å²) >= 11 is 0. The average molecular weight is 274 g/mol. The third-order valence-corrected chi connectivity index (χ3v) is 3.38. The Hall–Kier alpha value is -1.06. The quantitative estimate of drug-likeness (QED) is 0.199. The summed E-state index contributed by atoms with van der Waals surface area (Å²) < 4.78 is 6.10. The molecule has 0 aliphatic heterocycles. The molecule has 0 aromatic heterocycles. The first kappa shape index (κ1) is 19.3. The van der Waals surface area contributed by atoms with Gasteiger partial charge in [-0.2, -0.15) is 0 Å². The van der Waals surface area contributed by atoms with Gasteiger partial charge in [0.15, 0.2) is 0 Å². The van der Waals surface area contributed by atoms with Crippen molar-refractivity contribution in [2.45, 2.75) is 26.0 Å². The molecule has 0 aromatic rings. The lowest BCUT2D eigenvalue weighted by Crippen LogP contribution is -3.00. The van der Waals surface area contributed by atoms with Crippen molar-refractivity contribution in [2.24, 2.45) is 0 Å². The van der Waals surface area contributed by atoms with Gasteiger partial charge in [-0.25, -0.2) is 4.79 Å². The lowest BCUT2D eigenvalue weighted by molar-refractivity contribution is -0.972. The fourth-order valence-corrected chi connectivity index (χ4v) is 1.84. The van der Waals surface area contributed by atoms with Crippen LogP contribution in [0.25, 0.3) is 0 Å². The van der Waals surface area contributed by atoms with Gasteiger partial charge in [0, 0.05) is 13.0 Å². The zero-order valence-electron chi connectivity index (χ0n) is 11.6. The van der Waals surface area contributed by atoms with Crippen molar-refractivity contribution in [1.29, 1.82) is 0 Å². The van der Waals surface area contributed by atoms with Crippen LogP contribution in [0.5, 0.6) is 0 Å². The van der Waals surface area contributed by atoms with E-state index in [0.29, 0.717) is 10.9 Å². The van der Waals surface area contributed by atoms with Crippen LogP contribution in [-0.2, 0) is 9.53 Å². The highest BCUT2D eigenvalue weighted by atomic mass is 35.5. The van der Waals surface area contributed by atoms with E-state index in [1.807, 2.05) is 20.0 Å². The summed E-state index contributed by atoms with van der Waals surface area (Å²) in [5.74, 6) is -0.406. The Bertz CT molecular complexity index is 317. The number of hydrogen-bond donors (Lipinski definition) is 0. The standard InChI is InChI=1S/C14H24NO2.ClH/c1-7-11-14(5,17-13(16)9-3)15(6,10-4)12-8-2;/h7-9H,1-3,10-12H2,4-6H3;1H/q+1;/p-1. The van der Waals surface area contributed by atoms with Crippen LogP contribution in [0.4, 0.5) is 0 Å². The largest absolute Gasteiger partial charge is 1.00 e. The smallest absolute Gasteiger partial charge is 0.334 e. The minimum absolute atomic E-state index is 0. The number of esters is 1. The zero-order valence-corrected chi connectivity index (χ0v) is 12.4. The molecule has 3 nitrogen and oxygen atoms in total. The van der Waals surface area contributed by atoms with Gasteiger partial charge in [0.25, 0.3) is 0 Å². The van der Waals surface area contributed by atoms with Crippen molar-refractivity contribution in [3.8, 4) is 0 Å². The minimum Gasteiger partial charge on any atom is -1.00 e. The number of rotatable bonds is 8. The zero-order chi connectivity index (χ0) is 13.5. The van der Waals surface area contributed by atoms with E-state index in [4.69, 9.17) is 4.74 Å². The van der Waals surface area contributed by atoms with Crippen molar-refractivity contribution in [3.63, 3.8) is 0 Å². The monoisotopic (exact) mass is 273 g/mol. The molecular weight excluding hydrogens is 250 g/mol. The van der Waals surface area contributed by atoms with E-state index in [1.54, 1.807) is 6.08 Å².